The Kier molecular flexibility index (Phi) is 10.8. The van der Waals surface area contributed by atoms with Crippen LogP contribution in [0.25, 0.3) is 0 Å². The van der Waals surface area contributed by atoms with E-state index in [1.807, 2.05) is 30.3 Å². The Hall–Kier alpha value is -2.13. The van der Waals surface area contributed by atoms with E-state index in [9.17, 15) is 14.2 Å². The summed E-state index contributed by atoms with van der Waals surface area (Å²) in [6.07, 6.45) is -1.23. The fraction of sp³-hybridized carbons (Fsp3) is 0.636. The van der Waals surface area contributed by atoms with Gasteiger partial charge in [-0.1, -0.05) is 30.3 Å². The van der Waals surface area contributed by atoms with Gasteiger partial charge in [0.1, 0.15) is 6.61 Å². The van der Waals surface area contributed by atoms with E-state index < -0.39 is 38.0 Å². The van der Waals surface area contributed by atoms with Crippen molar-refractivity contribution in [3.05, 3.63) is 35.9 Å². The van der Waals surface area contributed by atoms with Gasteiger partial charge < -0.3 is 19.3 Å². The number of rotatable bonds is 10. The maximum absolute atomic E-state index is 12.9. The number of phosphoric acid groups is 1. The van der Waals surface area contributed by atoms with Gasteiger partial charge in [-0.15, -0.1) is 0 Å². The molecule has 33 heavy (non-hydrogen) atoms. The maximum Gasteiger partial charge on any atom is 0.478 e. The molecule has 0 aliphatic rings. The predicted octanol–water partition coefficient (Wildman–Crippen LogP) is 5.04. The summed E-state index contributed by atoms with van der Waals surface area (Å²) in [6.45, 7) is 10.2. The van der Waals surface area contributed by atoms with Crippen molar-refractivity contribution in [3.63, 3.8) is 0 Å². The van der Waals surface area contributed by atoms with Gasteiger partial charge in [0.25, 0.3) is 0 Å². The lowest BCUT2D eigenvalue weighted by Gasteiger charge is -2.30. The van der Waals surface area contributed by atoms with Gasteiger partial charge in [0, 0.05) is 27.2 Å². The Bertz CT molecular complexity index is 785. The molecule has 2 amide bonds. The third-order valence-electron chi connectivity index (χ3n) is 3.76. The van der Waals surface area contributed by atoms with Crippen LogP contribution >= 0.6 is 7.82 Å². The number of hydrogen-bond donors (Lipinski definition) is 0. The molecule has 0 aliphatic heterocycles. The molecule has 0 spiro atoms. The van der Waals surface area contributed by atoms with Crippen LogP contribution in [0.2, 0.25) is 0 Å². The number of hydrogen-bond acceptors (Lipinski definition) is 8. The van der Waals surface area contributed by atoms with Crippen molar-refractivity contribution in [3.8, 4) is 0 Å². The minimum absolute atomic E-state index is 0.159. The lowest BCUT2D eigenvalue weighted by Crippen LogP contribution is -2.38. The lowest BCUT2D eigenvalue weighted by molar-refractivity contribution is -0.0331. The first-order valence-corrected chi connectivity index (χ1v) is 12.0. The molecule has 0 bridgehead atoms. The third-order valence-corrected chi connectivity index (χ3v) is 5.73. The molecule has 0 heterocycles. The monoisotopic (exact) mass is 488 g/mol. The van der Waals surface area contributed by atoms with Gasteiger partial charge in [-0.3, -0.25) is 9.05 Å². The van der Waals surface area contributed by atoms with Crippen LogP contribution in [0.3, 0.4) is 0 Å². The molecule has 0 unspecified atom stereocenters. The molecule has 0 atom stereocenters. The quantitative estimate of drug-likeness (QED) is 0.333. The highest BCUT2D eigenvalue weighted by molar-refractivity contribution is 7.48. The van der Waals surface area contributed by atoms with Crippen molar-refractivity contribution < 1.29 is 37.2 Å². The number of carbonyl (C=O) groups is 2. The number of benzene rings is 1. The Balaban J connectivity index is 2.45. The zero-order chi connectivity index (χ0) is 25.3. The molecule has 0 N–H and O–H groups in total. The number of ether oxygens (including phenoxy) is 2. The highest BCUT2D eigenvalue weighted by Crippen LogP contribution is 2.55. The molecule has 0 saturated heterocycles. The maximum atomic E-state index is 12.9. The van der Waals surface area contributed by atoms with Crippen molar-refractivity contribution in [2.75, 3.05) is 34.0 Å². The van der Waals surface area contributed by atoms with Crippen LogP contribution in [-0.2, 0) is 34.2 Å². The Labute approximate surface area is 196 Å². The summed E-state index contributed by atoms with van der Waals surface area (Å²) in [5.41, 5.74) is -0.731. The van der Waals surface area contributed by atoms with Gasteiger partial charge in [-0.05, 0) is 47.1 Å². The summed E-state index contributed by atoms with van der Waals surface area (Å²) in [5.74, 6) is 0. The van der Waals surface area contributed by atoms with Crippen molar-refractivity contribution >= 4 is 20.0 Å². The van der Waals surface area contributed by atoms with Crippen LogP contribution in [0.5, 0.6) is 0 Å². The van der Waals surface area contributed by atoms with E-state index in [0.717, 1.165) is 5.56 Å². The molecule has 188 valence electrons. The van der Waals surface area contributed by atoms with Crippen LogP contribution < -0.4 is 0 Å². The molecule has 0 aromatic heterocycles. The van der Waals surface area contributed by atoms with E-state index in [1.165, 1.54) is 16.8 Å². The topological polar surface area (TPSA) is 104 Å². The van der Waals surface area contributed by atoms with E-state index in [0.29, 0.717) is 0 Å². The number of phosphoric ester groups is 1. The fourth-order valence-corrected chi connectivity index (χ4v) is 3.97. The van der Waals surface area contributed by atoms with Gasteiger partial charge in [-0.25, -0.2) is 18.7 Å². The van der Waals surface area contributed by atoms with E-state index in [4.69, 9.17) is 23.0 Å². The van der Waals surface area contributed by atoms with Crippen LogP contribution in [0.15, 0.2) is 30.3 Å². The molecule has 0 aliphatic carbocycles. The van der Waals surface area contributed by atoms with Crippen molar-refractivity contribution in [2.24, 2.45) is 0 Å². The minimum atomic E-state index is -3.99. The molecule has 10 nitrogen and oxygen atoms in total. The van der Waals surface area contributed by atoms with Crippen LogP contribution in [0, 0.1) is 0 Å². The second-order valence-corrected chi connectivity index (χ2v) is 10.9. The van der Waals surface area contributed by atoms with Gasteiger partial charge in [-0.2, -0.15) is 0 Å². The molecular formula is C22H37N2O8P. The van der Waals surface area contributed by atoms with Gasteiger partial charge in [0.05, 0.1) is 11.2 Å². The second kappa shape index (κ2) is 12.4. The highest BCUT2D eigenvalue weighted by atomic mass is 31.2. The molecule has 11 heteroatoms. The van der Waals surface area contributed by atoms with Gasteiger partial charge in [0.2, 0.25) is 6.79 Å². The average molecular weight is 489 g/mol. The minimum Gasteiger partial charge on any atom is -0.445 e. The summed E-state index contributed by atoms with van der Waals surface area (Å²) in [6, 6.07) is 9.32. The molecule has 0 saturated carbocycles. The first-order chi connectivity index (χ1) is 15.1. The predicted molar refractivity (Wildman–Crippen MR) is 124 cm³/mol. The number of likely N-dealkylation sites (N-methyl/N-ethyl adjacent to an activating group) is 2. The van der Waals surface area contributed by atoms with E-state index >= 15 is 0 Å². The first kappa shape index (κ1) is 28.9. The fourth-order valence-electron chi connectivity index (χ4n) is 2.31. The first-order valence-electron chi connectivity index (χ1n) is 10.6. The summed E-state index contributed by atoms with van der Waals surface area (Å²) < 4.78 is 39.3. The summed E-state index contributed by atoms with van der Waals surface area (Å²) in [7, 11) is -0.920. The van der Waals surface area contributed by atoms with Crippen LogP contribution in [0.1, 0.15) is 47.1 Å². The molecular weight excluding hydrogens is 451 g/mol. The van der Waals surface area contributed by atoms with Crippen molar-refractivity contribution in [2.45, 2.75) is 59.4 Å². The van der Waals surface area contributed by atoms with E-state index in [1.54, 1.807) is 48.6 Å². The summed E-state index contributed by atoms with van der Waals surface area (Å²) in [4.78, 5) is 26.9. The second-order valence-electron chi connectivity index (χ2n) is 9.40. The molecule has 1 rings (SSSR count). The Morgan fingerprint density at radius 3 is 1.73 bits per heavy atom. The Morgan fingerprint density at radius 1 is 0.818 bits per heavy atom. The zero-order valence-corrected chi connectivity index (χ0v) is 21.7. The molecule has 0 radical (unpaired) electrons. The van der Waals surface area contributed by atoms with Crippen LogP contribution in [-0.4, -0.2) is 67.2 Å². The van der Waals surface area contributed by atoms with Crippen molar-refractivity contribution in [1.82, 2.24) is 9.80 Å². The van der Waals surface area contributed by atoms with Gasteiger partial charge >= 0.3 is 20.0 Å². The largest absolute Gasteiger partial charge is 0.478 e. The molecule has 1 aromatic rings. The third kappa shape index (κ3) is 12.6. The highest BCUT2D eigenvalue weighted by Gasteiger charge is 2.37. The number of amides is 2. The summed E-state index contributed by atoms with van der Waals surface area (Å²) in [5, 5.41) is 0. The van der Waals surface area contributed by atoms with E-state index in [2.05, 4.69) is 0 Å². The number of carbonyl (C=O) groups excluding carboxylic acids is 2. The smallest absolute Gasteiger partial charge is 0.445 e. The molecule has 0 fully saturated rings. The summed E-state index contributed by atoms with van der Waals surface area (Å²) >= 11 is 0. The van der Waals surface area contributed by atoms with Crippen LogP contribution in [0.4, 0.5) is 9.59 Å². The van der Waals surface area contributed by atoms with Gasteiger partial charge in [0.15, 0.2) is 0 Å². The lowest BCUT2D eigenvalue weighted by atomic mass is 10.2. The average Bonchev–Trinajstić information content (AvgIpc) is 2.67. The molecule has 1 aromatic carbocycles. The van der Waals surface area contributed by atoms with E-state index in [-0.39, 0.29) is 19.7 Å². The Morgan fingerprint density at radius 2 is 1.27 bits per heavy atom. The number of nitrogens with zero attached hydrogens (tertiary/aromatic N) is 2. The normalized spacial score (nSPS) is 12.2. The van der Waals surface area contributed by atoms with Crippen molar-refractivity contribution in [1.29, 1.82) is 0 Å². The SMILES string of the molecule is CN(CCN(C)C(=O)OCc1ccccc1)C(=O)OCOP(=O)(OC(C)(C)C)OC(C)(C)C. The standard InChI is InChI=1S/C22H37N2O8P/c1-21(2,3)31-33(27,32-22(4,5)6)30-17-29-20(26)24(8)15-14-23(7)19(25)28-16-18-12-10-9-11-13-18/h9-13H,14-17H2,1-8H3. The zero-order valence-electron chi connectivity index (χ0n) is 20.8.